The Hall–Kier alpha value is -1.19. The molecule has 0 aliphatic rings. The molecule has 0 fully saturated rings. The first-order chi connectivity index (χ1) is 7.99. The molecule has 0 unspecified atom stereocenters. The third kappa shape index (κ3) is 2.40. The zero-order chi connectivity index (χ0) is 12.6. The maximum absolute atomic E-state index is 12.9. The molecule has 0 N–H and O–H groups in total. The van der Waals surface area contributed by atoms with Gasteiger partial charge in [-0.1, -0.05) is 11.6 Å². The molecule has 1 aromatic heterocycles. The van der Waals surface area contributed by atoms with Gasteiger partial charge in [0.25, 0.3) is 0 Å². The highest BCUT2D eigenvalue weighted by atomic mass is 35.5. The number of ketones is 1. The van der Waals surface area contributed by atoms with Crippen LogP contribution in [0.3, 0.4) is 0 Å². The molecule has 1 heterocycles. The van der Waals surface area contributed by atoms with E-state index in [2.05, 4.69) is 0 Å². The number of thiophene rings is 1. The summed E-state index contributed by atoms with van der Waals surface area (Å²) in [6, 6.07) is 5.66. The molecule has 0 saturated heterocycles. The van der Waals surface area contributed by atoms with Gasteiger partial charge in [-0.15, -0.1) is 11.3 Å². The van der Waals surface area contributed by atoms with Gasteiger partial charge in [0.15, 0.2) is 5.78 Å². The number of aryl methyl sites for hydroxylation is 2. The van der Waals surface area contributed by atoms with Gasteiger partial charge in [0.05, 0.1) is 5.02 Å². The lowest BCUT2D eigenvalue weighted by atomic mass is 10.0. The van der Waals surface area contributed by atoms with Crippen LogP contribution in [-0.4, -0.2) is 5.78 Å². The summed E-state index contributed by atoms with van der Waals surface area (Å²) in [4.78, 5) is 14.2. The average molecular weight is 269 g/mol. The maximum atomic E-state index is 12.9. The SMILES string of the molecule is Cc1cc(C(=O)c2ccc(F)cc2Cl)c(C)s1. The molecule has 1 aromatic carbocycles. The second-order valence-corrected chi connectivity index (χ2v) is 5.65. The van der Waals surface area contributed by atoms with E-state index in [4.69, 9.17) is 11.6 Å². The van der Waals surface area contributed by atoms with E-state index in [1.807, 2.05) is 19.9 Å². The smallest absolute Gasteiger partial charge is 0.195 e. The van der Waals surface area contributed by atoms with E-state index in [1.165, 1.54) is 12.1 Å². The second kappa shape index (κ2) is 4.59. The van der Waals surface area contributed by atoms with Crippen molar-refractivity contribution in [1.82, 2.24) is 0 Å². The van der Waals surface area contributed by atoms with Gasteiger partial charge in [-0.2, -0.15) is 0 Å². The standard InChI is InChI=1S/C13H10ClFOS/c1-7-5-11(8(2)17-7)13(16)10-4-3-9(15)6-12(10)14/h3-6H,1-2H3. The van der Waals surface area contributed by atoms with Crippen LogP contribution in [0.4, 0.5) is 4.39 Å². The van der Waals surface area contributed by atoms with Crippen molar-refractivity contribution in [3.8, 4) is 0 Å². The van der Waals surface area contributed by atoms with Crippen molar-refractivity contribution in [2.45, 2.75) is 13.8 Å². The van der Waals surface area contributed by atoms with Crippen molar-refractivity contribution in [2.24, 2.45) is 0 Å². The van der Waals surface area contributed by atoms with Crippen LogP contribution in [0.25, 0.3) is 0 Å². The molecule has 1 nitrogen and oxygen atoms in total. The fourth-order valence-corrected chi connectivity index (χ4v) is 2.85. The number of rotatable bonds is 2. The number of hydrogen-bond donors (Lipinski definition) is 0. The Morgan fingerprint density at radius 2 is 1.94 bits per heavy atom. The Morgan fingerprint density at radius 1 is 1.24 bits per heavy atom. The first-order valence-electron chi connectivity index (χ1n) is 5.06. The predicted molar refractivity (Wildman–Crippen MR) is 68.6 cm³/mol. The molecule has 4 heteroatoms. The summed E-state index contributed by atoms with van der Waals surface area (Å²) in [5.74, 6) is -0.596. The van der Waals surface area contributed by atoms with Crippen LogP contribution in [0.1, 0.15) is 25.7 Å². The quantitative estimate of drug-likeness (QED) is 0.739. The molecule has 0 bridgehead atoms. The van der Waals surface area contributed by atoms with E-state index in [9.17, 15) is 9.18 Å². The van der Waals surface area contributed by atoms with E-state index in [-0.39, 0.29) is 10.8 Å². The molecule has 88 valence electrons. The predicted octanol–water partition coefficient (Wildman–Crippen LogP) is 4.39. The van der Waals surface area contributed by atoms with Crippen LogP contribution in [0, 0.1) is 19.7 Å². The zero-order valence-electron chi connectivity index (χ0n) is 9.38. The molecule has 0 atom stereocenters. The minimum absolute atomic E-state index is 0.151. The van der Waals surface area contributed by atoms with Gasteiger partial charge in [0.2, 0.25) is 0 Å². The van der Waals surface area contributed by atoms with E-state index in [1.54, 1.807) is 11.3 Å². The molecule has 0 amide bonds. The third-order valence-corrected chi connectivity index (χ3v) is 3.74. The van der Waals surface area contributed by atoms with Gasteiger partial charge in [0.1, 0.15) is 5.82 Å². The van der Waals surface area contributed by atoms with Gasteiger partial charge in [-0.25, -0.2) is 4.39 Å². The first-order valence-corrected chi connectivity index (χ1v) is 6.25. The fourth-order valence-electron chi connectivity index (χ4n) is 1.67. The van der Waals surface area contributed by atoms with Crippen molar-refractivity contribution in [3.05, 3.63) is 56.0 Å². The van der Waals surface area contributed by atoms with Crippen molar-refractivity contribution in [3.63, 3.8) is 0 Å². The summed E-state index contributed by atoms with van der Waals surface area (Å²) in [6.45, 7) is 3.84. The average Bonchev–Trinajstić information content (AvgIpc) is 2.57. The highest BCUT2D eigenvalue weighted by Gasteiger charge is 2.17. The molecule has 0 aliphatic carbocycles. The van der Waals surface area contributed by atoms with E-state index >= 15 is 0 Å². The van der Waals surface area contributed by atoms with Gasteiger partial charge in [-0.3, -0.25) is 4.79 Å². The first kappa shape index (κ1) is 12.3. The van der Waals surface area contributed by atoms with Crippen LogP contribution >= 0.6 is 22.9 Å². The highest BCUT2D eigenvalue weighted by molar-refractivity contribution is 7.12. The molecule has 0 spiro atoms. The largest absolute Gasteiger partial charge is 0.289 e. The van der Waals surface area contributed by atoms with Crippen LogP contribution in [0.2, 0.25) is 5.02 Å². The van der Waals surface area contributed by atoms with Gasteiger partial charge >= 0.3 is 0 Å². The number of halogens is 2. The van der Waals surface area contributed by atoms with Gasteiger partial charge < -0.3 is 0 Å². The maximum Gasteiger partial charge on any atom is 0.195 e. The lowest BCUT2D eigenvalue weighted by Gasteiger charge is -2.03. The number of hydrogen-bond acceptors (Lipinski definition) is 2. The summed E-state index contributed by atoms with van der Waals surface area (Å²) < 4.78 is 12.9. The minimum Gasteiger partial charge on any atom is -0.289 e. The molecule has 0 aliphatic heterocycles. The summed E-state index contributed by atoms with van der Waals surface area (Å²) in [7, 11) is 0. The number of carbonyl (C=O) groups excluding carboxylic acids is 1. The molecular weight excluding hydrogens is 259 g/mol. The fraction of sp³-hybridized carbons (Fsp3) is 0.154. The third-order valence-electron chi connectivity index (χ3n) is 2.46. The van der Waals surface area contributed by atoms with E-state index < -0.39 is 5.82 Å². The van der Waals surface area contributed by atoms with Crippen LogP contribution in [0.15, 0.2) is 24.3 Å². The molecule has 2 aromatic rings. The molecule has 17 heavy (non-hydrogen) atoms. The van der Waals surface area contributed by atoms with Crippen molar-refractivity contribution in [1.29, 1.82) is 0 Å². The monoisotopic (exact) mass is 268 g/mol. The Balaban J connectivity index is 2.47. The Labute approximate surface area is 108 Å². The molecule has 2 rings (SSSR count). The Morgan fingerprint density at radius 3 is 2.47 bits per heavy atom. The lowest BCUT2D eigenvalue weighted by molar-refractivity contribution is 0.103. The Bertz CT molecular complexity index is 589. The summed E-state index contributed by atoms with van der Waals surface area (Å²) >= 11 is 7.44. The summed E-state index contributed by atoms with van der Waals surface area (Å²) in [6.07, 6.45) is 0. The van der Waals surface area contributed by atoms with Crippen LogP contribution < -0.4 is 0 Å². The van der Waals surface area contributed by atoms with Crippen LogP contribution in [-0.2, 0) is 0 Å². The highest BCUT2D eigenvalue weighted by Crippen LogP contribution is 2.26. The van der Waals surface area contributed by atoms with Crippen LogP contribution in [0.5, 0.6) is 0 Å². The van der Waals surface area contributed by atoms with Gasteiger partial charge in [0, 0.05) is 20.9 Å². The Kier molecular flexibility index (Phi) is 3.31. The van der Waals surface area contributed by atoms with Crippen molar-refractivity contribution >= 4 is 28.7 Å². The normalized spacial score (nSPS) is 10.6. The second-order valence-electron chi connectivity index (χ2n) is 3.78. The van der Waals surface area contributed by atoms with E-state index in [0.29, 0.717) is 11.1 Å². The lowest BCUT2D eigenvalue weighted by Crippen LogP contribution is -2.02. The van der Waals surface area contributed by atoms with Crippen molar-refractivity contribution < 1.29 is 9.18 Å². The van der Waals surface area contributed by atoms with E-state index in [0.717, 1.165) is 15.8 Å². The zero-order valence-corrected chi connectivity index (χ0v) is 11.0. The molecule has 0 saturated carbocycles. The molecule has 0 radical (unpaired) electrons. The van der Waals surface area contributed by atoms with Crippen molar-refractivity contribution in [2.75, 3.05) is 0 Å². The number of carbonyl (C=O) groups is 1. The van der Waals surface area contributed by atoms with Gasteiger partial charge in [-0.05, 0) is 38.1 Å². The minimum atomic E-state index is -0.440. The topological polar surface area (TPSA) is 17.1 Å². The number of benzene rings is 1. The molecular formula is C13H10ClFOS. The summed E-state index contributed by atoms with van der Waals surface area (Å²) in [5, 5.41) is 0.151. The summed E-state index contributed by atoms with van der Waals surface area (Å²) in [5.41, 5.74) is 0.981.